The van der Waals surface area contributed by atoms with Gasteiger partial charge < -0.3 is 14.6 Å². The minimum Gasteiger partial charge on any atom is -0.416 e. The summed E-state index contributed by atoms with van der Waals surface area (Å²) in [6, 6.07) is 21.8. The lowest BCUT2D eigenvalue weighted by atomic mass is 10.0. The molecule has 4 aromatic rings. The number of aromatic nitrogens is 2. The maximum atomic E-state index is 13.1. The molecule has 2 heterocycles. The van der Waals surface area contributed by atoms with Gasteiger partial charge in [-0.05, 0) is 80.4 Å². The highest BCUT2D eigenvalue weighted by Crippen LogP contribution is 2.25. The summed E-state index contributed by atoms with van der Waals surface area (Å²) >= 11 is 0. The van der Waals surface area contributed by atoms with Crippen LogP contribution in [0.25, 0.3) is 22.9 Å². The summed E-state index contributed by atoms with van der Waals surface area (Å²) in [6.45, 7) is 3.35. The predicted molar refractivity (Wildman–Crippen MR) is 129 cm³/mol. The Morgan fingerprint density at radius 2 is 1.62 bits per heavy atom. The van der Waals surface area contributed by atoms with Crippen LogP contribution in [0.15, 0.2) is 77.2 Å². The van der Waals surface area contributed by atoms with Crippen LogP contribution in [-0.4, -0.2) is 40.1 Å². The van der Waals surface area contributed by atoms with Crippen LogP contribution in [0.5, 0.6) is 0 Å². The monoisotopic (exact) mass is 456 g/mol. The normalized spacial score (nSPS) is 14.2. The largest absolute Gasteiger partial charge is 0.416 e. The zero-order chi connectivity index (χ0) is 23.5. The van der Waals surface area contributed by atoms with Gasteiger partial charge in [0.15, 0.2) is 0 Å². The number of nitrogens with one attached hydrogen (secondary N) is 1. The number of nitrogens with zero attached hydrogens (tertiary/aromatic N) is 3. The molecule has 6 nitrogen and oxygen atoms in total. The van der Waals surface area contributed by atoms with E-state index in [2.05, 4.69) is 15.5 Å². The molecule has 0 saturated carbocycles. The standard InChI is InChI=1S/C27H25FN4O2/c1-18-3-2-4-21(17-18)26-31-30-25(34-26)19-5-7-20(8-6-19)27(33)32-15-13-24(14-16-32)29-23-11-9-22(28)10-12-23/h2-12,17,24,29H,13-16H2,1H3. The lowest BCUT2D eigenvalue weighted by Gasteiger charge is -2.33. The van der Waals surface area contributed by atoms with E-state index in [-0.39, 0.29) is 17.8 Å². The highest BCUT2D eigenvalue weighted by molar-refractivity contribution is 5.94. The van der Waals surface area contributed by atoms with E-state index < -0.39 is 0 Å². The number of benzene rings is 3. The zero-order valence-electron chi connectivity index (χ0n) is 18.9. The Morgan fingerprint density at radius 3 is 2.29 bits per heavy atom. The number of anilines is 1. The highest BCUT2D eigenvalue weighted by atomic mass is 19.1. The number of aryl methyl sites for hydroxylation is 1. The van der Waals surface area contributed by atoms with Gasteiger partial charge in [-0.3, -0.25) is 4.79 Å². The van der Waals surface area contributed by atoms with Crippen molar-refractivity contribution in [2.45, 2.75) is 25.8 Å². The third-order valence-corrected chi connectivity index (χ3v) is 6.07. The van der Waals surface area contributed by atoms with E-state index in [1.807, 2.05) is 48.2 Å². The average molecular weight is 457 g/mol. The van der Waals surface area contributed by atoms with Crippen LogP contribution in [0, 0.1) is 12.7 Å². The molecule has 3 aromatic carbocycles. The maximum absolute atomic E-state index is 13.1. The summed E-state index contributed by atoms with van der Waals surface area (Å²) < 4.78 is 18.9. The number of carbonyl (C=O) groups excluding carboxylic acids is 1. The van der Waals surface area contributed by atoms with Crippen LogP contribution >= 0.6 is 0 Å². The smallest absolute Gasteiger partial charge is 0.253 e. The number of likely N-dealkylation sites (tertiary alicyclic amines) is 1. The first kappa shape index (κ1) is 21.8. The van der Waals surface area contributed by atoms with Gasteiger partial charge in [-0.15, -0.1) is 10.2 Å². The second-order valence-corrected chi connectivity index (χ2v) is 8.58. The molecule has 0 aliphatic carbocycles. The lowest BCUT2D eigenvalue weighted by molar-refractivity contribution is 0.0718. The Hall–Kier alpha value is -4.00. The summed E-state index contributed by atoms with van der Waals surface area (Å²) in [4.78, 5) is 14.9. The Balaban J connectivity index is 1.19. The van der Waals surface area contributed by atoms with Crippen molar-refractivity contribution in [3.8, 4) is 22.9 Å². The highest BCUT2D eigenvalue weighted by Gasteiger charge is 2.24. The number of halogens is 1. The molecule has 0 bridgehead atoms. The summed E-state index contributed by atoms with van der Waals surface area (Å²) in [5.74, 6) is 0.653. The zero-order valence-corrected chi connectivity index (χ0v) is 18.9. The molecule has 1 amide bonds. The van der Waals surface area contributed by atoms with Gasteiger partial charge >= 0.3 is 0 Å². The molecule has 5 rings (SSSR count). The van der Waals surface area contributed by atoms with E-state index in [1.165, 1.54) is 12.1 Å². The first-order valence-electron chi connectivity index (χ1n) is 11.4. The molecule has 1 aromatic heterocycles. The van der Waals surface area contributed by atoms with Gasteiger partial charge in [0.2, 0.25) is 11.8 Å². The Bertz CT molecular complexity index is 1280. The van der Waals surface area contributed by atoms with Crippen LogP contribution in [0.3, 0.4) is 0 Å². The van der Waals surface area contributed by atoms with Gasteiger partial charge in [0, 0.05) is 41.5 Å². The second-order valence-electron chi connectivity index (χ2n) is 8.58. The third-order valence-electron chi connectivity index (χ3n) is 6.07. The van der Waals surface area contributed by atoms with Gasteiger partial charge in [-0.25, -0.2) is 4.39 Å². The Labute approximate surface area is 197 Å². The molecular weight excluding hydrogens is 431 g/mol. The SMILES string of the molecule is Cc1cccc(-c2nnc(-c3ccc(C(=O)N4CCC(Nc5ccc(F)cc5)CC4)cc3)o2)c1. The fourth-order valence-electron chi connectivity index (χ4n) is 4.18. The van der Waals surface area contributed by atoms with Crippen molar-refractivity contribution in [2.24, 2.45) is 0 Å². The summed E-state index contributed by atoms with van der Waals surface area (Å²) in [6.07, 6.45) is 1.68. The van der Waals surface area contributed by atoms with Crippen LogP contribution < -0.4 is 5.32 Å². The number of rotatable bonds is 5. The van der Waals surface area contributed by atoms with Crippen molar-refractivity contribution in [2.75, 3.05) is 18.4 Å². The molecule has 1 saturated heterocycles. The van der Waals surface area contributed by atoms with Crippen LogP contribution in [0.1, 0.15) is 28.8 Å². The number of amides is 1. The van der Waals surface area contributed by atoms with E-state index in [4.69, 9.17) is 4.42 Å². The summed E-state index contributed by atoms with van der Waals surface area (Å²) in [7, 11) is 0. The first-order valence-corrected chi connectivity index (χ1v) is 11.4. The number of carbonyl (C=O) groups is 1. The minimum absolute atomic E-state index is 0.0118. The number of hydrogen-bond donors (Lipinski definition) is 1. The van der Waals surface area contributed by atoms with Crippen molar-refractivity contribution in [3.63, 3.8) is 0 Å². The molecule has 1 aliphatic heterocycles. The Morgan fingerprint density at radius 1 is 0.941 bits per heavy atom. The van der Waals surface area contributed by atoms with Crippen LogP contribution in [0.4, 0.5) is 10.1 Å². The van der Waals surface area contributed by atoms with Gasteiger partial charge in [-0.2, -0.15) is 0 Å². The summed E-state index contributed by atoms with van der Waals surface area (Å²) in [5, 5.41) is 11.7. The van der Waals surface area contributed by atoms with Crippen molar-refractivity contribution >= 4 is 11.6 Å². The molecule has 1 N–H and O–H groups in total. The van der Waals surface area contributed by atoms with Gasteiger partial charge in [0.25, 0.3) is 5.91 Å². The number of hydrogen-bond acceptors (Lipinski definition) is 5. The topological polar surface area (TPSA) is 71.3 Å². The minimum atomic E-state index is -0.247. The van der Waals surface area contributed by atoms with Gasteiger partial charge in [0.05, 0.1) is 0 Å². The fraction of sp³-hybridized carbons (Fsp3) is 0.222. The van der Waals surface area contributed by atoms with Gasteiger partial charge in [0.1, 0.15) is 5.82 Å². The molecule has 1 aliphatic rings. The Kier molecular flexibility index (Phi) is 6.08. The van der Waals surface area contributed by atoms with Crippen LogP contribution in [-0.2, 0) is 0 Å². The first-order chi connectivity index (χ1) is 16.5. The third kappa shape index (κ3) is 4.83. The van der Waals surface area contributed by atoms with E-state index >= 15 is 0 Å². The van der Waals surface area contributed by atoms with Crippen molar-refractivity contribution in [1.29, 1.82) is 0 Å². The molecular formula is C27H25FN4O2. The fourth-order valence-corrected chi connectivity index (χ4v) is 4.18. The average Bonchev–Trinajstić information content (AvgIpc) is 3.36. The molecule has 172 valence electrons. The van der Waals surface area contributed by atoms with E-state index in [1.54, 1.807) is 24.3 Å². The molecule has 7 heteroatoms. The summed E-state index contributed by atoms with van der Waals surface area (Å²) in [5.41, 5.74) is 4.30. The number of piperidine rings is 1. The van der Waals surface area contributed by atoms with Crippen molar-refractivity contribution in [1.82, 2.24) is 15.1 Å². The molecule has 34 heavy (non-hydrogen) atoms. The quantitative estimate of drug-likeness (QED) is 0.425. The van der Waals surface area contributed by atoms with Crippen LogP contribution in [0.2, 0.25) is 0 Å². The molecule has 0 atom stereocenters. The van der Waals surface area contributed by atoms with Gasteiger partial charge in [-0.1, -0.05) is 17.7 Å². The molecule has 0 radical (unpaired) electrons. The van der Waals surface area contributed by atoms with E-state index in [0.29, 0.717) is 30.4 Å². The maximum Gasteiger partial charge on any atom is 0.253 e. The molecule has 0 unspecified atom stereocenters. The van der Waals surface area contributed by atoms with E-state index in [0.717, 1.165) is 35.2 Å². The van der Waals surface area contributed by atoms with Crippen molar-refractivity contribution in [3.05, 3.63) is 89.7 Å². The second kappa shape index (κ2) is 9.47. The lowest BCUT2D eigenvalue weighted by Crippen LogP contribution is -2.42. The van der Waals surface area contributed by atoms with Crippen molar-refractivity contribution < 1.29 is 13.6 Å². The molecule has 1 fully saturated rings. The predicted octanol–water partition coefficient (Wildman–Crippen LogP) is 5.57. The molecule has 0 spiro atoms. The van der Waals surface area contributed by atoms with E-state index in [9.17, 15) is 9.18 Å².